The zero-order chi connectivity index (χ0) is 11.4. The average molecular weight is 234 g/mol. The molecule has 0 aromatic rings. The molecule has 0 spiro atoms. The highest BCUT2D eigenvalue weighted by molar-refractivity contribution is 7.86. The second kappa shape index (κ2) is 5.30. The SMILES string of the molecule is CC(C(=O)O)S(=O)COCC(F)(F)F. The van der Waals surface area contributed by atoms with E-state index in [1.165, 1.54) is 0 Å². The summed E-state index contributed by atoms with van der Waals surface area (Å²) < 4.78 is 49.5. The van der Waals surface area contributed by atoms with Gasteiger partial charge in [0.25, 0.3) is 0 Å². The second-order valence-electron chi connectivity index (χ2n) is 2.44. The van der Waals surface area contributed by atoms with E-state index in [0.29, 0.717) is 0 Å². The van der Waals surface area contributed by atoms with Crippen molar-refractivity contribution in [2.24, 2.45) is 0 Å². The van der Waals surface area contributed by atoms with Gasteiger partial charge in [-0.3, -0.25) is 9.00 Å². The van der Waals surface area contributed by atoms with E-state index in [1.54, 1.807) is 0 Å². The van der Waals surface area contributed by atoms with Crippen molar-refractivity contribution >= 4 is 16.8 Å². The van der Waals surface area contributed by atoms with Crippen LogP contribution < -0.4 is 0 Å². The molecule has 4 nitrogen and oxygen atoms in total. The van der Waals surface area contributed by atoms with Gasteiger partial charge < -0.3 is 9.84 Å². The minimum absolute atomic E-state index is 0.729. The molecule has 0 amide bonds. The first kappa shape index (κ1) is 13.4. The van der Waals surface area contributed by atoms with E-state index < -0.39 is 40.7 Å². The Morgan fingerprint density at radius 3 is 2.43 bits per heavy atom. The van der Waals surface area contributed by atoms with Crippen molar-refractivity contribution in [3.05, 3.63) is 0 Å². The molecule has 14 heavy (non-hydrogen) atoms. The Bertz CT molecular complexity index is 228. The molecular formula is C6H9F3O4S. The highest BCUT2D eigenvalue weighted by Crippen LogP contribution is 2.14. The lowest BCUT2D eigenvalue weighted by Crippen LogP contribution is -2.26. The number of ether oxygens (including phenoxy) is 1. The van der Waals surface area contributed by atoms with Gasteiger partial charge in [-0.05, 0) is 6.92 Å². The summed E-state index contributed by atoms with van der Waals surface area (Å²) in [5.74, 6) is -2.06. The predicted octanol–water partition coefficient (Wildman–Crippen LogP) is 0.745. The van der Waals surface area contributed by atoms with E-state index in [-0.39, 0.29) is 0 Å². The number of carboxylic acid groups (broad SMARTS) is 1. The Morgan fingerprint density at radius 2 is 2.07 bits per heavy atom. The molecule has 0 aliphatic heterocycles. The van der Waals surface area contributed by atoms with Gasteiger partial charge in [0.15, 0.2) is 0 Å². The summed E-state index contributed by atoms with van der Waals surface area (Å²) in [6, 6.07) is 0. The van der Waals surface area contributed by atoms with Crippen molar-refractivity contribution in [2.75, 3.05) is 12.5 Å². The first-order chi connectivity index (χ1) is 6.24. The van der Waals surface area contributed by atoms with Gasteiger partial charge in [0.1, 0.15) is 17.8 Å². The molecule has 1 N–H and O–H groups in total. The molecule has 0 heterocycles. The van der Waals surface area contributed by atoms with Crippen LogP contribution in [0, 0.1) is 0 Å². The van der Waals surface area contributed by atoms with Crippen molar-refractivity contribution < 1.29 is 32.0 Å². The van der Waals surface area contributed by atoms with Crippen LogP contribution in [0.25, 0.3) is 0 Å². The summed E-state index contributed by atoms with van der Waals surface area (Å²) in [4.78, 5) is 10.2. The third-order valence-electron chi connectivity index (χ3n) is 1.21. The molecule has 0 rings (SSSR count). The molecular weight excluding hydrogens is 225 g/mol. The summed E-state index contributed by atoms with van der Waals surface area (Å²) in [5.41, 5.74) is 0. The number of aliphatic carboxylic acids is 1. The lowest BCUT2D eigenvalue weighted by molar-refractivity contribution is -0.169. The third-order valence-corrected chi connectivity index (χ3v) is 2.60. The van der Waals surface area contributed by atoms with Gasteiger partial charge in [-0.25, -0.2) is 0 Å². The Morgan fingerprint density at radius 1 is 1.57 bits per heavy atom. The van der Waals surface area contributed by atoms with Crippen LogP contribution in [0.4, 0.5) is 13.2 Å². The lowest BCUT2D eigenvalue weighted by atomic mass is 10.5. The number of rotatable bonds is 5. The van der Waals surface area contributed by atoms with Gasteiger partial charge >= 0.3 is 12.1 Å². The topological polar surface area (TPSA) is 63.6 Å². The molecule has 0 aromatic heterocycles. The van der Waals surface area contributed by atoms with Crippen molar-refractivity contribution in [2.45, 2.75) is 18.3 Å². The van der Waals surface area contributed by atoms with Gasteiger partial charge in [-0.2, -0.15) is 13.2 Å². The molecule has 0 fully saturated rings. The molecule has 84 valence electrons. The third kappa shape index (κ3) is 5.92. The van der Waals surface area contributed by atoms with Crippen LogP contribution in [0.2, 0.25) is 0 Å². The van der Waals surface area contributed by atoms with Gasteiger partial charge in [0, 0.05) is 0 Å². The number of hydrogen-bond donors (Lipinski definition) is 1. The van der Waals surface area contributed by atoms with Crippen LogP contribution in [0.1, 0.15) is 6.92 Å². The second-order valence-corrected chi connectivity index (χ2v) is 4.15. The highest BCUT2D eigenvalue weighted by Gasteiger charge is 2.28. The molecule has 0 bridgehead atoms. The van der Waals surface area contributed by atoms with E-state index in [1.807, 2.05) is 0 Å². The van der Waals surface area contributed by atoms with Crippen LogP contribution >= 0.6 is 0 Å². The fourth-order valence-electron chi connectivity index (χ4n) is 0.454. The smallest absolute Gasteiger partial charge is 0.411 e. The van der Waals surface area contributed by atoms with Crippen molar-refractivity contribution in [3.63, 3.8) is 0 Å². The molecule has 2 atom stereocenters. The molecule has 0 saturated carbocycles. The fourth-order valence-corrected chi connectivity index (χ4v) is 1.13. The van der Waals surface area contributed by atoms with Gasteiger partial charge in [-0.1, -0.05) is 0 Å². The number of alkyl halides is 3. The van der Waals surface area contributed by atoms with Crippen molar-refractivity contribution in [1.29, 1.82) is 0 Å². The molecule has 0 saturated heterocycles. The zero-order valence-corrected chi connectivity index (χ0v) is 8.02. The first-order valence-electron chi connectivity index (χ1n) is 3.48. The molecule has 0 radical (unpaired) electrons. The van der Waals surface area contributed by atoms with Gasteiger partial charge in [-0.15, -0.1) is 0 Å². The van der Waals surface area contributed by atoms with Crippen LogP contribution in [-0.4, -0.2) is 39.3 Å². The fraction of sp³-hybridized carbons (Fsp3) is 0.833. The van der Waals surface area contributed by atoms with Crippen LogP contribution in [0.5, 0.6) is 0 Å². The Hall–Kier alpha value is -0.630. The molecule has 2 unspecified atom stereocenters. The van der Waals surface area contributed by atoms with Gasteiger partial charge in [0.05, 0.1) is 10.8 Å². The highest BCUT2D eigenvalue weighted by atomic mass is 32.2. The maximum absolute atomic E-state index is 11.5. The normalized spacial score (nSPS) is 16.3. The van der Waals surface area contributed by atoms with E-state index in [2.05, 4.69) is 4.74 Å². The first-order valence-corrected chi connectivity index (χ1v) is 4.86. The maximum atomic E-state index is 11.5. The molecule has 0 aliphatic rings. The monoisotopic (exact) mass is 234 g/mol. The largest absolute Gasteiger partial charge is 0.480 e. The number of halogens is 3. The Kier molecular flexibility index (Phi) is 5.06. The summed E-state index contributed by atoms with van der Waals surface area (Å²) in [6.45, 7) is -0.388. The van der Waals surface area contributed by atoms with E-state index in [0.717, 1.165) is 6.92 Å². The van der Waals surface area contributed by atoms with Crippen LogP contribution in [0.3, 0.4) is 0 Å². The van der Waals surface area contributed by atoms with Crippen molar-refractivity contribution in [3.8, 4) is 0 Å². The van der Waals surface area contributed by atoms with Crippen LogP contribution in [-0.2, 0) is 20.3 Å². The summed E-state index contributed by atoms with van der Waals surface area (Å²) in [7, 11) is -1.95. The lowest BCUT2D eigenvalue weighted by Gasteiger charge is -2.09. The standard InChI is InChI=1S/C6H9F3O4S/c1-4(5(10)11)14(12)3-13-2-6(7,8)9/h4H,2-3H2,1H3,(H,10,11). The van der Waals surface area contributed by atoms with E-state index in [9.17, 15) is 22.2 Å². The minimum Gasteiger partial charge on any atom is -0.480 e. The average Bonchev–Trinajstić information content (AvgIpc) is 2.00. The van der Waals surface area contributed by atoms with E-state index >= 15 is 0 Å². The Balaban J connectivity index is 3.81. The molecule has 0 aliphatic carbocycles. The summed E-state index contributed by atoms with van der Waals surface area (Å²) in [5, 5.41) is 7.11. The van der Waals surface area contributed by atoms with E-state index in [4.69, 9.17) is 5.11 Å². The zero-order valence-electron chi connectivity index (χ0n) is 7.21. The van der Waals surface area contributed by atoms with Crippen molar-refractivity contribution in [1.82, 2.24) is 0 Å². The quantitative estimate of drug-likeness (QED) is 0.762. The number of carbonyl (C=O) groups is 1. The molecule has 8 heteroatoms. The summed E-state index contributed by atoms with van der Waals surface area (Å²) >= 11 is 0. The minimum atomic E-state index is -4.49. The number of hydrogen-bond acceptors (Lipinski definition) is 3. The maximum Gasteiger partial charge on any atom is 0.411 e. The molecule has 0 aromatic carbocycles. The predicted molar refractivity (Wildman–Crippen MR) is 42.1 cm³/mol. The number of carboxylic acids is 1. The Labute approximate surface area is 80.5 Å². The van der Waals surface area contributed by atoms with Gasteiger partial charge in [0.2, 0.25) is 0 Å². The summed E-state index contributed by atoms with van der Waals surface area (Å²) in [6.07, 6.45) is -4.49. The van der Waals surface area contributed by atoms with Crippen LogP contribution in [0.15, 0.2) is 0 Å².